The number of nitrogens with zero attached hydrogens (tertiary/aromatic N) is 1. The Kier molecular flexibility index (Phi) is 4.88. The van der Waals surface area contributed by atoms with Gasteiger partial charge in [0.1, 0.15) is 0 Å². The van der Waals surface area contributed by atoms with Crippen LogP contribution in [-0.2, 0) is 12.8 Å². The Bertz CT molecular complexity index is 480. The summed E-state index contributed by atoms with van der Waals surface area (Å²) in [7, 11) is 0. The van der Waals surface area contributed by atoms with Gasteiger partial charge in [0, 0.05) is 23.7 Å². The van der Waals surface area contributed by atoms with Crippen LogP contribution >= 0.6 is 11.6 Å². The van der Waals surface area contributed by atoms with Crippen molar-refractivity contribution in [1.82, 2.24) is 10.2 Å². The highest BCUT2D eigenvalue weighted by atomic mass is 35.5. The molecule has 2 atom stereocenters. The van der Waals surface area contributed by atoms with Crippen molar-refractivity contribution in [3.8, 4) is 0 Å². The monoisotopic (exact) mass is 306 g/mol. The van der Waals surface area contributed by atoms with E-state index in [0.29, 0.717) is 18.0 Å². The lowest BCUT2D eigenvalue weighted by molar-refractivity contribution is 0.182. The van der Waals surface area contributed by atoms with Crippen molar-refractivity contribution in [2.45, 2.75) is 51.6 Å². The number of halogens is 1. The fourth-order valence-corrected chi connectivity index (χ4v) is 4.07. The Balaban J connectivity index is 1.55. The summed E-state index contributed by atoms with van der Waals surface area (Å²) in [5, 5.41) is 4.69. The highest BCUT2D eigenvalue weighted by Crippen LogP contribution is 2.26. The van der Waals surface area contributed by atoms with E-state index in [1.807, 2.05) is 6.07 Å². The largest absolute Gasteiger partial charge is 0.312 e. The maximum absolute atomic E-state index is 6.10. The van der Waals surface area contributed by atoms with Crippen LogP contribution in [0.3, 0.4) is 0 Å². The number of likely N-dealkylation sites (tertiary alicyclic amines) is 1. The van der Waals surface area contributed by atoms with E-state index in [4.69, 9.17) is 11.6 Å². The van der Waals surface area contributed by atoms with Gasteiger partial charge < -0.3 is 5.32 Å². The average molecular weight is 307 g/mol. The van der Waals surface area contributed by atoms with Gasteiger partial charge in [0.15, 0.2) is 0 Å². The Hall–Kier alpha value is -0.570. The zero-order valence-corrected chi connectivity index (χ0v) is 14.0. The molecule has 0 spiro atoms. The summed E-state index contributed by atoms with van der Waals surface area (Å²) in [4.78, 5) is 2.68. The van der Waals surface area contributed by atoms with Crippen LogP contribution in [0.15, 0.2) is 18.2 Å². The van der Waals surface area contributed by atoms with Gasteiger partial charge >= 0.3 is 0 Å². The van der Waals surface area contributed by atoms with Gasteiger partial charge in [-0.3, -0.25) is 4.90 Å². The second-order valence-electron chi connectivity index (χ2n) is 6.98. The van der Waals surface area contributed by atoms with E-state index in [2.05, 4.69) is 36.2 Å². The molecule has 0 amide bonds. The van der Waals surface area contributed by atoms with Crippen molar-refractivity contribution in [2.24, 2.45) is 5.92 Å². The molecule has 0 radical (unpaired) electrons. The van der Waals surface area contributed by atoms with Gasteiger partial charge in [-0.25, -0.2) is 0 Å². The van der Waals surface area contributed by atoms with Crippen LogP contribution in [0.4, 0.5) is 0 Å². The second kappa shape index (κ2) is 6.68. The number of benzene rings is 1. The molecule has 116 valence electrons. The van der Waals surface area contributed by atoms with Crippen LogP contribution in [-0.4, -0.2) is 36.6 Å². The van der Waals surface area contributed by atoms with E-state index in [1.165, 1.54) is 37.1 Å². The normalized spacial score (nSPS) is 23.7. The van der Waals surface area contributed by atoms with Crippen LogP contribution in [0.25, 0.3) is 0 Å². The maximum atomic E-state index is 6.10. The van der Waals surface area contributed by atoms with Crippen molar-refractivity contribution in [3.63, 3.8) is 0 Å². The summed E-state index contributed by atoms with van der Waals surface area (Å²) in [5.74, 6) is 0.717. The minimum atomic E-state index is 0.585. The van der Waals surface area contributed by atoms with Gasteiger partial charge in [0.25, 0.3) is 0 Å². The van der Waals surface area contributed by atoms with E-state index in [-0.39, 0.29) is 0 Å². The highest BCUT2D eigenvalue weighted by Gasteiger charge is 2.27. The second-order valence-corrected chi connectivity index (χ2v) is 7.42. The molecule has 3 heteroatoms. The van der Waals surface area contributed by atoms with Gasteiger partial charge in [0.2, 0.25) is 0 Å². The smallest absolute Gasteiger partial charge is 0.0408 e. The van der Waals surface area contributed by atoms with Crippen molar-refractivity contribution in [2.75, 3.05) is 19.6 Å². The molecule has 21 heavy (non-hydrogen) atoms. The molecule has 0 bridgehead atoms. The first-order chi connectivity index (χ1) is 10.1. The summed E-state index contributed by atoms with van der Waals surface area (Å²) in [6.45, 7) is 8.39. The summed E-state index contributed by atoms with van der Waals surface area (Å²) < 4.78 is 0. The average Bonchev–Trinajstić information content (AvgIpc) is 3.07. The molecule has 0 saturated carbocycles. The first-order valence-electron chi connectivity index (χ1n) is 8.38. The van der Waals surface area contributed by atoms with Gasteiger partial charge in [-0.05, 0) is 68.0 Å². The Morgan fingerprint density at radius 1 is 1.19 bits per heavy atom. The molecule has 1 N–H and O–H groups in total. The quantitative estimate of drug-likeness (QED) is 0.895. The van der Waals surface area contributed by atoms with Crippen LogP contribution in [0.2, 0.25) is 5.02 Å². The van der Waals surface area contributed by atoms with Crippen molar-refractivity contribution < 1.29 is 0 Å². The summed E-state index contributed by atoms with van der Waals surface area (Å²) in [5.41, 5.74) is 2.90. The number of fused-ring (bicyclic) bond motifs is 1. The van der Waals surface area contributed by atoms with Gasteiger partial charge in [-0.2, -0.15) is 0 Å². The van der Waals surface area contributed by atoms with Crippen molar-refractivity contribution in [3.05, 3.63) is 34.3 Å². The molecule has 1 aromatic rings. The van der Waals surface area contributed by atoms with Gasteiger partial charge in [-0.15, -0.1) is 0 Å². The summed E-state index contributed by atoms with van der Waals surface area (Å²) in [6.07, 6.45) is 5.02. The molecule has 2 unspecified atom stereocenters. The topological polar surface area (TPSA) is 15.3 Å². The molecule has 2 nitrogen and oxygen atoms in total. The van der Waals surface area contributed by atoms with Crippen LogP contribution in [0.1, 0.15) is 37.8 Å². The lowest BCUT2D eigenvalue weighted by Crippen LogP contribution is -2.47. The lowest BCUT2D eigenvalue weighted by Gasteiger charge is -2.32. The van der Waals surface area contributed by atoms with E-state index in [9.17, 15) is 0 Å². The molecule has 1 fully saturated rings. The first kappa shape index (κ1) is 15.3. The van der Waals surface area contributed by atoms with E-state index < -0.39 is 0 Å². The minimum absolute atomic E-state index is 0.585. The predicted octanol–water partition coefficient (Wildman–Crippen LogP) is 3.52. The van der Waals surface area contributed by atoms with Gasteiger partial charge in [0.05, 0.1) is 0 Å². The van der Waals surface area contributed by atoms with Crippen molar-refractivity contribution >= 4 is 11.6 Å². The molecule has 0 aromatic heterocycles. The minimum Gasteiger partial charge on any atom is -0.312 e. The number of hydrogen-bond acceptors (Lipinski definition) is 2. The number of nitrogens with one attached hydrogen (secondary N) is 1. The zero-order chi connectivity index (χ0) is 14.8. The Morgan fingerprint density at radius 2 is 1.90 bits per heavy atom. The van der Waals surface area contributed by atoms with Gasteiger partial charge in [-0.1, -0.05) is 31.5 Å². The zero-order valence-electron chi connectivity index (χ0n) is 13.2. The third kappa shape index (κ3) is 3.61. The molecule has 1 heterocycles. The molecular weight excluding hydrogens is 280 g/mol. The van der Waals surface area contributed by atoms with E-state index in [0.717, 1.165) is 24.4 Å². The molecule has 1 aliphatic carbocycles. The molecule has 2 aliphatic rings. The highest BCUT2D eigenvalue weighted by molar-refractivity contribution is 6.30. The molecule has 1 aliphatic heterocycles. The SMILES string of the molecule is CC(C)C(CNC1Cc2ccc(Cl)cc2C1)N1CCCC1. The fourth-order valence-electron chi connectivity index (χ4n) is 3.88. The molecule has 1 aromatic carbocycles. The lowest BCUT2D eigenvalue weighted by atomic mass is 10.0. The van der Waals surface area contributed by atoms with Crippen molar-refractivity contribution in [1.29, 1.82) is 0 Å². The van der Waals surface area contributed by atoms with E-state index >= 15 is 0 Å². The van der Waals surface area contributed by atoms with Crippen LogP contribution in [0, 0.1) is 5.92 Å². The fraction of sp³-hybridized carbons (Fsp3) is 0.667. The summed E-state index contributed by atoms with van der Waals surface area (Å²) in [6, 6.07) is 7.62. The molecular formula is C18H27ClN2. The molecule has 1 saturated heterocycles. The number of hydrogen-bond donors (Lipinski definition) is 1. The number of rotatable bonds is 5. The third-order valence-corrected chi connectivity index (χ3v) is 5.33. The first-order valence-corrected chi connectivity index (χ1v) is 8.76. The van der Waals surface area contributed by atoms with E-state index in [1.54, 1.807) is 0 Å². The Morgan fingerprint density at radius 3 is 2.62 bits per heavy atom. The third-order valence-electron chi connectivity index (χ3n) is 5.10. The maximum Gasteiger partial charge on any atom is 0.0408 e. The van der Waals surface area contributed by atoms with Crippen LogP contribution in [0.5, 0.6) is 0 Å². The standard InChI is InChI=1S/C18H27ClN2/c1-13(2)18(21-7-3-4-8-21)12-20-17-10-14-5-6-16(19)9-15(14)11-17/h5-6,9,13,17-18,20H,3-4,7-8,10-12H2,1-2H3. The molecule has 3 rings (SSSR count). The van der Waals surface area contributed by atoms with Crippen LogP contribution < -0.4 is 5.32 Å². The summed E-state index contributed by atoms with van der Waals surface area (Å²) >= 11 is 6.10. The predicted molar refractivity (Wildman–Crippen MR) is 90.1 cm³/mol. The Labute approximate surface area is 133 Å².